The van der Waals surface area contributed by atoms with Crippen LogP contribution in [0.1, 0.15) is 90.9 Å². The fraction of sp³-hybridized carbons (Fsp3) is 0.944. The molecule has 0 amide bonds. The Labute approximate surface area is 131 Å². The first-order valence-corrected chi connectivity index (χ1v) is 8.95. The molecule has 0 unspecified atom stereocenters. The topological polar surface area (TPSA) is 35.5 Å². The Bertz CT molecular complexity index is 215. The van der Waals surface area contributed by atoms with Crippen molar-refractivity contribution in [3.8, 4) is 0 Å². The summed E-state index contributed by atoms with van der Waals surface area (Å²) in [5.74, 6) is 0.507. The van der Waals surface area contributed by atoms with Gasteiger partial charge in [0, 0.05) is 0 Å². The Kier molecular flexibility index (Phi) is 15.1. The van der Waals surface area contributed by atoms with Crippen LogP contribution in [0.2, 0.25) is 0 Å². The number of rotatable bonds is 14. The summed E-state index contributed by atoms with van der Waals surface area (Å²) in [4.78, 5) is 11.1. The average Bonchev–Trinajstić information content (AvgIpc) is 2.50. The number of hydrogen-bond acceptors (Lipinski definition) is 3. The molecular weight excluding hydrogens is 264 g/mol. The van der Waals surface area contributed by atoms with Crippen molar-refractivity contribution in [2.75, 3.05) is 13.7 Å². The van der Waals surface area contributed by atoms with Crippen LogP contribution in [0, 0.1) is 5.92 Å². The van der Waals surface area contributed by atoms with E-state index in [0.29, 0.717) is 12.5 Å². The Hall–Kier alpha value is -0.730. The maximum absolute atomic E-state index is 11.1. The van der Waals surface area contributed by atoms with Crippen molar-refractivity contribution in [3.63, 3.8) is 0 Å². The lowest BCUT2D eigenvalue weighted by Gasteiger charge is -2.16. The second-order valence-electron chi connectivity index (χ2n) is 6.04. The molecular formula is C18H36O3. The normalized spacial score (nSPS) is 10.9. The predicted octanol–water partition coefficient (Wildman–Crippen LogP) is 6.11. The summed E-state index contributed by atoms with van der Waals surface area (Å²) >= 11 is 0. The number of carbonyl (C=O) groups is 1. The zero-order valence-corrected chi connectivity index (χ0v) is 14.5. The van der Waals surface area contributed by atoms with Crippen LogP contribution in [0.15, 0.2) is 0 Å². The smallest absolute Gasteiger partial charge is 0.438 e. The summed E-state index contributed by atoms with van der Waals surface area (Å²) in [6, 6.07) is 0. The van der Waals surface area contributed by atoms with Gasteiger partial charge >= 0.3 is 6.16 Å². The zero-order valence-electron chi connectivity index (χ0n) is 14.5. The Morgan fingerprint density at radius 3 is 1.71 bits per heavy atom. The molecule has 21 heavy (non-hydrogen) atoms. The van der Waals surface area contributed by atoms with Crippen molar-refractivity contribution in [1.82, 2.24) is 0 Å². The Morgan fingerprint density at radius 2 is 1.29 bits per heavy atom. The van der Waals surface area contributed by atoms with Gasteiger partial charge in [-0.05, 0) is 18.8 Å². The van der Waals surface area contributed by atoms with Crippen molar-refractivity contribution >= 4 is 6.16 Å². The first-order chi connectivity index (χ1) is 10.2. The van der Waals surface area contributed by atoms with Gasteiger partial charge in [-0.15, -0.1) is 0 Å². The van der Waals surface area contributed by atoms with Gasteiger partial charge in [-0.3, -0.25) is 0 Å². The van der Waals surface area contributed by atoms with Gasteiger partial charge in [0.25, 0.3) is 0 Å². The first kappa shape index (κ1) is 20.3. The molecule has 126 valence electrons. The molecule has 0 aliphatic rings. The van der Waals surface area contributed by atoms with Crippen LogP contribution in [-0.4, -0.2) is 19.9 Å². The molecule has 0 fully saturated rings. The molecule has 0 aromatic heterocycles. The molecule has 0 heterocycles. The van der Waals surface area contributed by atoms with Gasteiger partial charge in [-0.25, -0.2) is 4.79 Å². The highest BCUT2D eigenvalue weighted by atomic mass is 16.7. The van der Waals surface area contributed by atoms with E-state index in [1.165, 1.54) is 84.2 Å². The molecule has 3 heteroatoms. The van der Waals surface area contributed by atoms with E-state index in [9.17, 15) is 4.79 Å². The molecule has 0 saturated carbocycles. The molecule has 0 saturated heterocycles. The fourth-order valence-corrected chi connectivity index (χ4v) is 2.63. The summed E-state index contributed by atoms with van der Waals surface area (Å²) < 4.78 is 9.70. The number of ether oxygens (including phenoxy) is 2. The first-order valence-electron chi connectivity index (χ1n) is 8.95. The van der Waals surface area contributed by atoms with Crippen LogP contribution in [-0.2, 0) is 9.47 Å². The summed E-state index contributed by atoms with van der Waals surface area (Å²) in [5.41, 5.74) is 0. The molecule has 0 spiro atoms. The second kappa shape index (κ2) is 15.7. The minimum Gasteiger partial charge on any atom is -0.438 e. The summed E-state index contributed by atoms with van der Waals surface area (Å²) in [6.07, 6.45) is 14.8. The highest BCUT2D eigenvalue weighted by Gasteiger charge is 2.12. The number of methoxy groups -OCH3 is 1. The molecule has 0 aromatic carbocycles. The molecule has 0 rings (SSSR count). The molecule has 3 nitrogen and oxygen atoms in total. The third-order valence-electron chi connectivity index (χ3n) is 4.04. The van der Waals surface area contributed by atoms with Crippen molar-refractivity contribution in [3.05, 3.63) is 0 Å². The minimum atomic E-state index is -0.544. The van der Waals surface area contributed by atoms with Crippen LogP contribution >= 0.6 is 0 Å². The lowest BCUT2D eigenvalue weighted by Crippen LogP contribution is -2.14. The molecule has 0 atom stereocenters. The van der Waals surface area contributed by atoms with Gasteiger partial charge in [0.1, 0.15) is 0 Å². The largest absolute Gasteiger partial charge is 0.507 e. The van der Waals surface area contributed by atoms with E-state index in [0.717, 1.165) is 0 Å². The minimum absolute atomic E-state index is 0.507. The van der Waals surface area contributed by atoms with Gasteiger partial charge < -0.3 is 9.47 Å². The highest BCUT2D eigenvalue weighted by Crippen LogP contribution is 2.19. The molecule has 0 aliphatic heterocycles. The van der Waals surface area contributed by atoms with Gasteiger partial charge in [0.15, 0.2) is 0 Å². The number of unbranched alkanes of at least 4 members (excludes halogenated alkanes) is 8. The van der Waals surface area contributed by atoms with E-state index < -0.39 is 6.16 Å². The summed E-state index contributed by atoms with van der Waals surface area (Å²) in [7, 11) is 1.37. The lowest BCUT2D eigenvalue weighted by molar-refractivity contribution is 0.0567. The molecule has 0 bridgehead atoms. The predicted molar refractivity (Wildman–Crippen MR) is 88.6 cm³/mol. The van der Waals surface area contributed by atoms with E-state index in [2.05, 4.69) is 18.6 Å². The van der Waals surface area contributed by atoms with E-state index in [1.807, 2.05) is 0 Å². The maximum atomic E-state index is 11.1. The molecule has 0 N–H and O–H groups in total. The van der Waals surface area contributed by atoms with Gasteiger partial charge in [0.2, 0.25) is 0 Å². The van der Waals surface area contributed by atoms with Gasteiger partial charge in [0.05, 0.1) is 13.7 Å². The third-order valence-corrected chi connectivity index (χ3v) is 4.04. The standard InChI is InChI=1S/C18H36O3/c1-4-6-8-10-12-14-17(16-21-18(19)20-3)15-13-11-9-7-5-2/h17H,4-16H2,1-3H3. The highest BCUT2D eigenvalue weighted by molar-refractivity contribution is 5.59. The molecule has 0 aromatic rings. The lowest BCUT2D eigenvalue weighted by atomic mass is 9.95. The Morgan fingerprint density at radius 1 is 0.810 bits per heavy atom. The molecule has 0 aliphatic carbocycles. The van der Waals surface area contributed by atoms with Crippen molar-refractivity contribution in [1.29, 1.82) is 0 Å². The maximum Gasteiger partial charge on any atom is 0.507 e. The molecule has 0 radical (unpaired) electrons. The third kappa shape index (κ3) is 14.0. The monoisotopic (exact) mass is 300 g/mol. The van der Waals surface area contributed by atoms with Crippen molar-refractivity contribution < 1.29 is 14.3 Å². The summed E-state index contributed by atoms with van der Waals surface area (Å²) in [6.45, 7) is 5.00. The van der Waals surface area contributed by atoms with Crippen LogP contribution in [0.5, 0.6) is 0 Å². The van der Waals surface area contributed by atoms with E-state index >= 15 is 0 Å². The Balaban J connectivity index is 3.82. The zero-order chi connectivity index (χ0) is 15.8. The fourth-order valence-electron chi connectivity index (χ4n) is 2.63. The number of carbonyl (C=O) groups excluding carboxylic acids is 1. The second-order valence-corrected chi connectivity index (χ2v) is 6.04. The SMILES string of the molecule is CCCCCCCC(CCCCCCC)COC(=O)OC. The van der Waals surface area contributed by atoms with Crippen LogP contribution in [0.3, 0.4) is 0 Å². The van der Waals surface area contributed by atoms with Crippen molar-refractivity contribution in [2.24, 2.45) is 5.92 Å². The van der Waals surface area contributed by atoms with E-state index in [4.69, 9.17) is 4.74 Å². The summed E-state index contributed by atoms with van der Waals surface area (Å²) in [5, 5.41) is 0. The van der Waals surface area contributed by atoms with Gasteiger partial charge in [-0.1, -0.05) is 78.1 Å². The quantitative estimate of drug-likeness (QED) is 0.287. The van der Waals surface area contributed by atoms with Crippen LogP contribution in [0.25, 0.3) is 0 Å². The van der Waals surface area contributed by atoms with E-state index in [-0.39, 0.29) is 0 Å². The van der Waals surface area contributed by atoms with Crippen molar-refractivity contribution in [2.45, 2.75) is 90.9 Å². The number of hydrogen-bond donors (Lipinski definition) is 0. The van der Waals surface area contributed by atoms with Crippen LogP contribution in [0.4, 0.5) is 4.79 Å². The average molecular weight is 300 g/mol. The van der Waals surface area contributed by atoms with Gasteiger partial charge in [-0.2, -0.15) is 0 Å². The van der Waals surface area contributed by atoms with E-state index in [1.54, 1.807) is 0 Å². The van der Waals surface area contributed by atoms with Crippen LogP contribution < -0.4 is 0 Å².